The van der Waals surface area contributed by atoms with Crippen molar-refractivity contribution in [1.29, 1.82) is 0 Å². The zero-order valence-electron chi connectivity index (χ0n) is 7.62. The normalized spacial score (nSPS) is 14.4. The Bertz CT molecular complexity index is 295. The van der Waals surface area contributed by atoms with E-state index in [2.05, 4.69) is 17.7 Å². The zero-order chi connectivity index (χ0) is 10.8. The molecular weight excluding hydrogens is 213 g/mol. The van der Waals surface area contributed by atoms with Gasteiger partial charge in [-0.15, -0.1) is 0 Å². The Hall–Kier alpha value is -0.650. The summed E-state index contributed by atoms with van der Waals surface area (Å²) in [7, 11) is 0. The van der Waals surface area contributed by atoms with E-state index in [4.69, 9.17) is 0 Å². The molecule has 1 unspecified atom stereocenters. The SMILES string of the molecule is CC(CS)Cn1cc(C(F)(F)F)cn1. The molecule has 14 heavy (non-hydrogen) atoms. The van der Waals surface area contributed by atoms with Crippen LogP contribution in [0.5, 0.6) is 0 Å². The van der Waals surface area contributed by atoms with Gasteiger partial charge in [-0.25, -0.2) is 0 Å². The molecule has 6 heteroatoms. The number of aromatic nitrogens is 2. The van der Waals surface area contributed by atoms with Crippen LogP contribution in [0.4, 0.5) is 13.2 Å². The van der Waals surface area contributed by atoms with Crippen LogP contribution in [-0.4, -0.2) is 15.5 Å². The Labute approximate surface area is 85.5 Å². The quantitative estimate of drug-likeness (QED) is 0.781. The van der Waals surface area contributed by atoms with E-state index in [0.717, 1.165) is 12.4 Å². The Morgan fingerprint density at radius 3 is 2.64 bits per heavy atom. The lowest BCUT2D eigenvalue weighted by molar-refractivity contribution is -0.137. The lowest BCUT2D eigenvalue weighted by atomic mass is 10.2. The summed E-state index contributed by atoms with van der Waals surface area (Å²) in [6.07, 6.45) is -2.45. The number of halogens is 3. The van der Waals surface area contributed by atoms with E-state index in [9.17, 15) is 13.2 Å². The van der Waals surface area contributed by atoms with Crippen molar-refractivity contribution < 1.29 is 13.2 Å². The summed E-state index contributed by atoms with van der Waals surface area (Å²) < 4.78 is 37.8. The van der Waals surface area contributed by atoms with Crippen molar-refractivity contribution in [1.82, 2.24) is 9.78 Å². The topological polar surface area (TPSA) is 17.8 Å². The molecule has 0 aliphatic rings. The van der Waals surface area contributed by atoms with Gasteiger partial charge < -0.3 is 0 Å². The van der Waals surface area contributed by atoms with E-state index in [0.29, 0.717) is 12.3 Å². The second-order valence-electron chi connectivity index (χ2n) is 3.24. The van der Waals surface area contributed by atoms with Gasteiger partial charge in [0.1, 0.15) is 0 Å². The van der Waals surface area contributed by atoms with Crippen molar-refractivity contribution in [2.75, 3.05) is 5.75 Å². The molecule has 2 nitrogen and oxygen atoms in total. The third-order valence-electron chi connectivity index (χ3n) is 1.77. The Morgan fingerprint density at radius 1 is 1.57 bits per heavy atom. The molecule has 0 spiro atoms. The van der Waals surface area contributed by atoms with E-state index in [-0.39, 0.29) is 5.92 Å². The van der Waals surface area contributed by atoms with Crippen molar-refractivity contribution in [3.8, 4) is 0 Å². The maximum Gasteiger partial charge on any atom is 0.419 e. The van der Waals surface area contributed by atoms with Gasteiger partial charge in [0.15, 0.2) is 0 Å². The molecule has 0 N–H and O–H groups in total. The van der Waals surface area contributed by atoms with Crippen molar-refractivity contribution in [2.24, 2.45) is 5.92 Å². The van der Waals surface area contributed by atoms with Gasteiger partial charge >= 0.3 is 6.18 Å². The van der Waals surface area contributed by atoms with Gasteiger partial charge in [0.2, 0.25) is 0 Å². The number of hydrogen-bond acceptors (Lipinski definition) is 2. The van der Waals surface area contributed by atoms with E-state index in [1.807, 2.05) is 6.92 Å². The predicted molar refractivity (Wildman–Crippen MR) is 50.2 cm³/mol. The highest BCUT2D eigenvalue weighted by Crippen LogP contribution is 2.28. The van der Waals surface area contributed by atoms with Crippen LogP contribution in [0.3, 0.4) is 0 Å². The van der Waals surface area contributed by atoms with Crippen molar-refractivity contribution in [3.63, 3.8) is 0 Å². The minimum absolute atomic E-state index is 0.208. The molecule has 0 saturated carbocycles. The van der Waals surface area contributed by atoms with Crippen molar-refractivity contribution in [2.45, 2.75) is 19.6 Å². The van der Waals surface area contributed by atoms with Crippen LogP contribution >= 0.6 is 12.6 Å². The average molecular weight is 224 g/mol. The van der Waals surface area contributed by atoms with E-state index < -0.39 is 11.7 Å². The summed E-state index contributed by atoms with van der Waals surface area (Å²) in [4.78, 5) is 0. The van der Waals surface area contributed by atoms with E-state index in [1.54, 1.807) is 0 Å². The highest BCUT2D eigenvalue weighted by atomic mass is 32.1. The van der Waals surface area contributed by atoms with Gasteiger partial charge in [0.05, 0.1) is 11.8 Å². The highest BCUT2D eigenvalue weighted by molar-refractivity contribution is 7.80. The standard InChI is InChI=1S/C8H11F3N2S/c1-6(5-14)3-13-4-7(2-12-13)8(9,10)11/h2,4,6,14H,3,5H2,1H3. The fraction of sp³-hybridized carbons (Fsp3) is 0.625. The molecule has 0 fully saturated rings. The highest BCUT2D eigenvalue weighted by Gasteiger charge is 2.32. The number of alkyl halides is 3. The van der Waals surface area contributed by atoms with Crippen LogP contribution in [0.15, 0.2) is 12.4 Å². The molecule has 1 aromatic rings. The first-order valence-corrected chi connectivity index (χ1v) is 4.77. The zero-order valence-corrected chi connectivity index (χ0v) is 8.52. The van der Waals surface area contributed by atoms with Gasteiger partial charge in [0, 0.05) is 12.7 Å². The van der Waals surface area contributed by atoms with Crippen molar-refractivity contribution >= 4 is 12.6 Å². The second kappa shape index (κ2) is 4.25. The van der Waals surface area contributed by atoms with Crippen LogP contribution in [0.1, 0.15) is 12.5 Å². The first kappa shape index (κ1) is 11.4. The molecule has 0 saturated heterocycles. The van der Waals surface area contributed by atoms with E-state index in [1.165, 1.54) is 4.68 Å². The Morgan fingerprint density at radius 2 is 2.21 bits per heavy atom. The van der Waals surface area contributed by atoms with Gasteiger partial charge in [-0.05, 0) is 11.7 Å². The van der Waals surface area contributed by atoms with Gasteiger partial charge in [0.25, 0.3) is 0 Å². The first-order chi connectivity index (χ1) is 6.43. The fourth-order valence-corrected chi connectivity index (χ4v) is 1.10. The van der Waals surface area contributed by atoms with Gasteiger partial charge in [-0.2, -0.15) is 30.9 Å². The molecular formula is C8H11F3N2S. The van der Waals surface area contributed by atoms with Gasteiger partial charge in [-0.3, -0.25) is 4.68 Å². The van der Waals surface area contributed by atoms with Crippen LogP contribution in [0, 0.1) is 5.92 Å². The molecule has 80 valence electrons. The Kier molecular flexibility index (Phi) is 3.47. The molecule has 0 bridgehead atoms. The molecule has 0 aliphatic heterocycles. The van der Waals surface area contributed by atoms with Crippen LogP contribution in [0.2, 0.25) is 0 Å². The number of nitrogens with zero attached hydrogens (tertiary/aromatic N) is 2. The summed E-state index contributed by atoms with van der Waals surface area (Å²) in [5, 5.41) is 3.63. The maximum atomic E-state index is 12.2. The monoisotopic (exact) mass is 224 g/mol. The third-order valence-corrected chi connectivity index (χ3v) is 2.39. The van der Waals surface area contributed by atoms with Crippen molar-refractivity contribution in [3.05, 3.63) is 18.0 Å². The lowest BCUT2D eigenvalue weighted by Gasteiger charge is -2.07. The van der Waals surface area contributed by atoms with Crippen LogP contribution in [0.25, 0.3) is 0 Å². The molecule has 0 amide bonds. The maximum absolute atomic E-state index is 12.2. The summed E-state index contributed by atoms with van der Waals surface area (Å²) in [6, 6.07) is 0. The third kappa shape index (κ3) is 2.94. The predicted octanol–water partition coefficient (Wildman–Crippen LogP) is 2.47. The number of hydrogen-bond donors (Lipinski definition) is 1. The smallest absolute Gasteiger partial charge is 0.272 e. The average Bonchev–Trinajstić information content (AvgIpc) is 2.51. The van der Waals surface area contributed by atoms with Crippen LogP contribution < -0.4 is 0 Å². The minimum Gasteiger partial charge on any atom is -0.272 e. The number of thiol groups is 1. The molecule has 1 heterocycles. The first-order valence-electron chi connectivity index (χ1n) is 4.14. The van der Waals surface area contributed by atoms with Gasteiger partial charge in [-0.1, -0.05) is 6.92 Å². The molecule has 1 aromatic heterocycles. The van der Waals surface area contributed by atoms with Crippen LogP contribution in [-0.2, 0) is 12.7 Å². The second-order valence-corrected chi connectivity index (χ2v) is 3.60. The largest absolute Gasteiger partial charge is 0.419 e. The lowest BCUT2D eigenvalue weighted by Crippen LogP contribution is -2.09. The molecule has 0 aliphatic carbocycles. The fourth-order valence-electron chi connectivity index (χ4n) is 0.987. The Balaban J connectivity index is 2.69. The van der Waals surface area contributed by atoms with E-state index >= 15 is 0 Å². The summed E-state index contributed by atoms with van der Waals surface area (Å²) in [6.45, 7) is 2.36. The molecule has 0 radical (unpaired) electrons. The summed E-state index contributed by atoms with van der Waals surface area (Å²) in [5.41, 5.74) is -0.705. The summed E-state index contributed by atoms with van der Waals surface area (Å²) in [5.74, 6) is 0.834. The summed E-state index contributed by atoms with van der Waals surface area (Å²) >= 11 is 4.05. The molecule has 0 aromatic carbocycles. The molecule has 1 rings (SSSR count). The minimum atomic E-state index is -4.30. The number of rotatable bonds is 3. The molecule has 1 atom stereocenters.